The van der Waals surface area contributed by atoms with Crippen LogP contribution < -0.4 is 11.1 Å². The Hall–Kier alpha value is -1.42. The highest BCUT2D eigenvalue weighted by atomic mass is 16.1. The average molecular weight is 207 g/mol. The molecule has 3 N–H and O–H groups in total. The van der Waals surface area contributed by atoms with Crippen molar-refractivity contribution in [3.8, 4) is 0 Å². The Morgan fingerprint density at radius 1 is 1.67 bits per heavy atom. The fourth-order valence-corrected chi connectivity index (χ4v) is 1.36. The van der Waals surface area contributed by atoms with Crippen molar-refractivity contribution < 1.29 is 4.79 Å². The van der Waals surface area contributed by atoms with Gasteiger partial charge >= 0.3 is 0 Å². The summed E-state index contributed by atoms with van der Waals surface area (Å²) in [6.45, 7) is 2.54. The molecule has 1 rings (SSSR count). The van der Waals surface area contributed by atoms with Gasteiger partial charge in [-0.15, -0.1) is 0 Å². The zero-order valence-electron chi connectivity index (χ0n) is 8.94. The molecule has 1 aromatic heterocycles. The standard InChI is InChI=1S/C11H17N3O/c1-2-4-10(7-12)14-11(15)9-5-3-6-13-8-9/h3,5-6,8,10H,2,4,7,12H2,1H3,(H,14,15). The molecule has 0 fully saturated rings. The smallest absolute Gasteiger partial charge is 0.253 e. The second kappa shape index (κ2) is 6.14. The third kappa shape index (κ3) is 3.67. The maximum Gasteiger partial charge on any atom is 0.253 e. The van der Waals surface area contributed by atoms with Crippen LogP contribution >= 0.6 is 0 Å². The van der Waals surface area contributed by atoms with E-state index in [1.807, 2.05) is 0 Å². The van der Waals surface area contributed by atoms with E-state index in [-0.39, 0.29) is 11.9 Å². The highest BCUT2D eigenvalue weighted by Gasteiger charge is 2.10. The molecule has 0 bridgehead atoms. The van der Waals surface area contributed by atoms with Gasteiger partial charge in [0.15, 0.2) is 0 Å². The zero-order valence-corrected chi connectivity index (χ0v) is 8.94. The van der Waals surface area contributed by atoms with E-state index >= 15 is 0 Å². The van der Waals surface area contributed by atoms with Gasteiger partial charge in [0, 0.05) is 25.0 Å². The molecule has 82 valence electrons. The number of rotatable bonds is 5. The number of nitrogens with zero attached hydrogens (tertiary/aromatic N) is 1. The van der Waals surface area contributed by atoms with E-state index in [1.54, 1.807) is 24.5 Å². The Kier molecular flexibility index (Phi) is 4.77. The first kappa shape index (κ1) is 11.7. The van der Waals surface area contributed by atoms with Gasteiger partial charge in [0.05, 0.1) is 5.56 Å². The topological polar surface area (TPSA) is 68.0 Å². The number of pyridine rings is 1. The van der Waals surface area contributed by atoms with Crippen molar-refractivity contribution in [2.45, 2.75) is 25.8 Å². The largest absolute Gasteiger partial charge is 0.348 e. The Morgan fingerprint density at radius 3 is 3.00 bits per heavy atom. The summed E-state index contributed by atoms with van der Waals surface area (Å²) in [7, 11) is 0. The van der Waals surface area contributed by atoms with Gasteiger partial charge in [0.1, 0.15) is 0 Å². The first-order valence-electron chi connectivity index (χ1n) is 5.19. The van der Waals surface area contributed by atoms with Crippen LogP contribution in [0.3, 0.4) is 0 Å². The molecule has 1 heterocycles. The van der Waals surface area contributed by atoms with Crippen LogP contribution in [0.2, 0.25) is 0 Å². The number of carbonyl (C=O) groups excluding carboxylic acids is 1. The molecule has 0 aliphatic rings. The lowest BCUT2D eigenvalue weighted by atomic mass is 10.1. The third-order valence-electron chi connectivity index (χ3n) is 2.18. The highest BCUT2D eigenvalue weighted by Crippen LogP contribution is 1.99. The van der Waals surface area contributed by atoms with Crippen molar-refractivity contribution in [1.82, 2.24) is 10.3 Å². The predicted octanol–water partition coefficient (Wildman–Crippen LogP) is 0.939. The van der Waals surface area contributed by atoms with Crippen LogP contribution in [0, 0.1) is 0 Å². The number of hydrogen-bond donors (Lipinski definition) is 2. The first-order chi connectivity index (χ1) is 7.27. The van der Waals surface area contributed by atoms with Gasteiger partial charge < -0.3 is 11.1 Å². The second-order valence-electron chi connectivity index (χ2n) is 3.44. The van der Waals surface area contributed by atoms with Crippen molar-refractivity contribution in [3.05, 3.63) is 30.1 Å². The molecule has 0 saturated carbocycles. The van der Waals surface area contributed by atoms with Crippen molar-refractivity contribution >= 4 is 5.91 Å². The SMILES string of the molecule is CCCC(CN)NC(=O)c1cccnc1. The molecule has 4 nitrogen and oxygen atoms in total. The zero-order chi connectivity index (χ0) is 11.1. The normalized spacial score (nSPS) is 12.1. The van der Waals surface area contributed by atoms with Gasteiger partial charge in [0.25, 0.3) is 5.91 Å². The van der Waals surface area contributed by atoms with Gasteiger partial charge in [-0.3, -0.25) is 9.78 Å². The molecule has 0 spiro atoms. The van der Waals surface area contributed by atoms with Crippen molar-refractivity contribution in [2.24, 2.45) is 5.73 Å². The van der Waals surface area contributed by atoms with Crippen LogP contribution in [0.25, 0.3) is 0 Å². The van der Waals surface area contributed by atoms with E-state index in [4.69, 9.17) is 5.73 Å². The van der Waals surface area contributed by atoms with Crippen LogP contribution in [-0.4, -0.2) is 23.5 Å². The lowest BCUT2D eigenvalue weighted by molar-refractivity contribution is 0.0936. The maximum absolute atomic E-state index is 11.7. The number of aromatic nitrogens is 1. The fourth-order valence-electron chi connectivity index (χ4n) is 1.36. The predicted molar refractivity (Wildman–Crippen MR) is 59.5 cm³/mol. The number of nitrogens with one attached hydrogen (secondary N) is 1. The number of nitrogens with two attached hydrogens (primary N) is 1. The number of amides is 1. The number of carbonyl (C=O) groups is 1. The molecule has 1 amide bonds. The molecular weight excluding hydrogens is 190 g/mol. The minimum atomic E-state index is -0.105. The summed E-state index contributed by atoms with van der Waals surface area (Å²) < 4.78 is 0. The van der Waals surface area contributed by atoms with E-state index in [1.165, 1.54) is 0 Å². The van der Waals surface area contributed by atoms with Crippen LogP contribution in [-0.2, 0) is 0 Å². The average Bonchev–Trinajstić information content (AvgIpc) is 2.29. The Labute approximate surface area is 89.9 Å². The van der Waals surface area contributed by atoms with E-state index in [2.05, 4.69) is 17.2 Å². The minimum absolute atomic E-state index is 0.0581. The summed E-state index contributed by atoms with van der Waals surface area (Å²) in [4.78, 5) is 15.6. The summed E-state index contributed by atoms with van der Waals surface area (Å²) in [6.07, 6.45) is 5.11. The molecular formula is C11H17N3O. The third-order valence-corrected chi connectivity index (χ3v) is 2.18. The molecule has 1 aromatic rings. The molecule has 0 radical (unpaired) electrons. The van der Waals surface area contributed by atoms with E-state index in [0.717, 1.165) is 12.8 Å². The van der Waals surface area contributed by atoms with E-state index in [9.17, 15) is 4.79 Å². The van der Waals surface area contributed by atoms with Crippen LogP contribution in [0.15, 0.2) is 24.5 Å². The van der Waals surface area contributed by atoms with Crippen molar-refractivity contribution in [2.75, 3.05) is 6.54 Å². The lowest BCUT2D eigenvalue weighted by Gasteiger charge is -2.15. The van der Waals surface area contributed by atoms with Gasteiger partial charge in [-0.2, -0.15) is 0 Å². The lowest BCUT2D eigenvalue weighted by Crippen LogP contribution is -2.40. The molecule has 1 unspecified atom stereocenters. The molecule has 0 saturated heterocycles. The molecule has 4 heteroatoms. The van der Waals surface area contributed by atoms with Crippen molar-refractivity contribution in [1.29, 1.82) is 0 Å². The Bertz CT molecular complexity index is 300. The van der Waals surface area contributed by atoms with Crippen molar-refractivity contribution in [3.63, 3.8) is 0 Å². The molecule has 15 heavy (non-hydrogen) atoms. The highest BCUT2D eigenvalue weighted by molar-refractivity contribution is 5.93. The summed E-state index contributed by atoms with van der Waals surface area (Å²) in [5, 5.41) is 2.88. The van der Waals surface area contributed by atoms with Gasteiger partial charge in [0.2, 0.25) is 0 Å². The Morgan fingerprint density at radius 2 is 2.47 bits per heavy atom. The first-order valence-corrected chi connectivity index (χ1v) is 5.19. The summed E-state index contributed by atoms with van der Waals surface area (Å²) in [6, 6.07) is 3.54. The maximum atomic E-state index is 11.7. The summed E-state index contributed by atoms with van der Waals surface area (Å²) in [5.74, 6) is -0.105. The van der Waals surface area contributed by atoms with E-state index < -0.39 is 0 Å². The van der Waals surface area contributed by atoms with Crippen LogP contribution in [0.4, 0.5) is 0 Å². The molecule has 0 aliphatic heterocycles. The van der Waals surface area contributed by atoms with Crippen LogP contribution in [0.1, 0.15) is 30.1 Å². The van der Waals surface area contributed by atoms with E-state index in [0.29, 0.717) is 12.1 Å². The van der Waals surface area contributed by atoms with Gasteiger partial charge in [-0.1, -0.05) is 13.3 Å². The van der Waals surface area contributed by atoms with Crippen LogP contribution in [0.5, 0.6) is 0 Å². The quantitative estimate of drug-likeness (QED) is 0.755. The van der Waals surface area contributed by atoms with Gasteiger partial charge in [-0.25, -0.2) is 0 Å². The van der Waals surface area contributed by atoms with Gasteiger partial charge in [-0.05, 0) is 18.6 Å². The monoisotopic (exact) mass is 207 g/mol. The second-order valence-corrected chi connectivity index (χ2v) is 3.44. The summed E-state index contributed by atoms with van der Waals surface area (Å²) >= 11 is 0. The fraction of sp³-hybridized carbons (Fsp3) is 0.455. The molecule has 1 atom stereocenters. The minimum Gasteiger partial charge on any atom is -0.348 e. The summed E-state index contributed by atoms with van der Waals surface area (Å²) in [5.41, 5.74) is 6.13. The number of hydrogen-bond acceptors (Lipinski definition) is 3. The molecule has 0 aliphatic carbocycles. The Balaban J connectivity index is 2.55. The molecule has 0 aromatic carbocycles.